The van der Waals surface area contributed by atoms with Gasteiger partial charge in [0.1, 0.15) is 90.1 Å². The zero-order valence-electron chi connectivity index (χ0n) is 57.2. The zero-order valence-corrected chi connectivity index (χ0v) is 57.2. The predicted molar refractivity (Wildman–Crippen MR) is 345 cm³/mol. The molecule has 96 heavy (non-hydrogen) atoms. The van der Waals surface area contributed by atoms with Crippen LogP contribution in [0.25, 0.3) is 0 Å². The third-order valence-electron chi connectivity index (χ3n) is 20.6. The number of hydrogen-bond acceptors (Lipinski definition) is 36. The van der Waals surface area contributed by atoms with Gasteiger partial charge in [0.25, 0.3) is 0 Å². The second-order valence-electron chi connectivity index (χ2n) is 28.8. The third kappa shape index (κ3) is 19.5. The molecule has 9 aliphatic rings. The quantitative estimate of drug-likeness (QED) is 0.0571. The fourth-order valence-corrected chi connectivity index (χ4v) is 14.6. The van der Waals surface area contributed by atoms with E-state index in [4.69, 9.17) is 120 Å². The average molecular weight is 1390 g/mol. The van der Waals surface area contributed by atoms with Crippen LogP contribution in [0.5, 0.6) is 0 Å². The minimum absolute atomic E-state index is 0.0620. The van der Waals surface area contributed by atoms with E-state index in [1.54, 1.807) is 41.9 Å². The smallest absolute Gasteiger partial charge is 0.185 e. The van der Waals surface area contributed by atoms with Crippen LogP contribution in [0.3, 0.4) is 0 Å². The lowest BCUT2D eigenvalue weighted by atomic mass is 9.84. The first-order chi connectivity index (χ1) is 45.0. The van der Waals surface area contributed by atoms with Crippen LogP contribution in [0.2, 0.25) is 0 Å². The van der Waals surface area contributed by atoms with Crippen LogP contribution in [0.4, 0.5) is 0 Å². The van der Waals surface area contributed by atoms with Gasteiger partial charge in [0.2, 0.25) is 0 Å². The van der Waals surface area contributed by atoms with Gasteiger partial charge in [-0.3, -0.25) is 0 Å². The van der Waals surface area contributed by atoms with Crippen LogP contribution in [-0.4, -0.2) is 331 Å². The fraction of sp³-hybridized carbons (Fsp3) is 1.00. The maximum Gasteiger partial charge on any atom is 0.185 e. The predicted octanol–water partition coefficient (Wildman–Crippen LogP) is -10.9. The van der Waals surface area contributed by atoms with Crippen LogP contribution in [0.1, 0.15) is 92.4 Å². The highest BCUT2D eigenvalue weighted by Gasteiger charge is 2.55. The molecule has 6 heterocycles. The maximum atomic E-state index is 11.1. The number of hydrogen-bond donors (Lipinski definition) is 24. The molecule has 0 amide bonds. The SMILES string of the molecule is CN[C@@H]1[C@@H](O)[C@@H](O[C@@H]2[C@@H](O)[C@H](O[C@H]3O[C@H](CN)CC[C@H]3N)[C@@H](N)C[C@H]2N)OC[C@]1(C)O.CN[C@@H]1[C@@H](O)[C@@H](O[C@@H]2[C@@H](O)[C@H](O[C@H]3O[C@H]([C@@H](C)N)CC[C@H]3N)[C@@H](N)C[C@H]2N)OC[C@]1(C)O.CN[C@@H]1[C@@H](O)[C@@H](O[C@@H]2[C@@H](O)[C@H](O[C@H]3O[C@H]([C@@H](C)NC)CC[C@H]3N)[C@@H](N)C[C@H]2N)OC[C@]1(C)O. The standard InChI is InChI=1S/C21H43N5O7.C20H41N5O7.C19H39N5O7/c1-9(25-3)13-6-5-10(22)19(31-13)32-16-11(23)7-12(24)17(14(16)27)33-20-15(28)18(26-4)21(2,29)8-30-20;1-8(21)12-5-4-9(22)18(30-12)31-15-10(23)6-11(24)16(13(15)26)32-19-14(27)17(25-3)20(2,28)7-29-19;1-19(27)7-28-18(13(26)16(19)24-2)31-15-11(23)5-10(22)14(12(15)25)30-17-9(21)4-3-8(6-20)29-17/h9-20,25-29H,5-8,22-24H2,1-4H3;8-19,25-28H,4-7,21-24H2,1-3H3;8-18,24-27H,3-7,20-23H2,1-2H3/t9-,10-,11+,12-,13+,14+,15-,16-,17+,18-,19-,20-,21+;8-,9-,10+,11-,12+,13+,14-,15-,16+,17-,18-,19-,20+;8-,9+,10-,11+,12-,13+,14+,15-,16+,17+,18+,19-/m110/s1. The normalized spacial score (nSPS) is 51.0. The van der Waals surface area contributed by atoms with Gasteiger partial charge in [-0.2, -0.15) is 0 Å². The van der Waals surface area contributed by atoms with Crippen molar-refractivity contribution < 1.29 is 103 Å². The summed E-state index contributed by atoms with van der Waals surface area (Å²) in [6, 6.07) is -6.84. The summed E-state index contributed by atoms with van der Waals surface area (Å²) in [6.07, 6.45) is -13.3. The molecule has 35 N–H and O–H groups in total. The number of nitrogens with two attached hydrogens (primary N) is 11. The molecule has 6 saturated heterocycles. The molecule has 564 valence electrons. The number of rotatable bonds is 19. The van der Waals surface area contributed by atoms with Gasteiger partial charge in [0, 0.05) is 54.9 Å². The van der Waals surface area contributed by atoms with Gasteiger partial charge in [-0.1, -0.05) is 0 Å². The van der Waals surface area contributed by atoms with E-state index < -0.39 is 182 Å². The molecule has 0 aromatic heterocycles. The molecular formula is C60H123N15O21. The second kappa shape index (κ2) is 35.4. The van der Waals surface area contributed by atoms with Crippen LogP contribution in [0.15, 0.2) is 0 Å². The number of aliphatic hydroxyl groups excluding tert-OH is 6. The first-order valence-electron chi connectivity index (χ1n) is 34.0. The molecule has 0 aromatic carbocycles. The molecular weight excluding hydrogens is 1270 g/mol. The Morgan fingerprint density at radius 3 is 0.948 bits per heavy atom. The molecule has 3 saturated carbocycles. The average Bonchev–Trinajstić information content (AvgIpc) is 0.793. The summed E-state index contributed by atoms with van der Waals surface area (Å²) >= 11 is 0. The van der Waals surface area contributed by atoms with Crippen LogP contribution in [-0.2, 0) is 56.8 Å². The van der Waals surface area contributed by atoms with Crippen molar-refractivity contribution in [3.05, 3.63) is 0 Å². The number of ether oxygens (including phenoxy) is 12. The number of aliphatic hydroxyl groups is 9. The van der Waals surface area contributed by atoms with Crippen molar-refractivity contribution in [1.29, 1.82) is 0 Å². The second-order valence-corrected chi connectivity index (χ2v) is 28.8. The van der Waals surface area contributed by atoms with Crippen LogP contribution < -0.4 is 84.3 Å². The molecule has 9 fully saturated rings. The van der Waals surface area contributed by atoms with E-state index in [-0.39, 0.29) is 68.3 Å². The van der Waals surface area contributed by atoms with E-state index in [9.17, 15) is 46.0 Å². The lowest BCUT2D eigenvalue weighted by Gasteiger charge is -2.48. The minimum atomic E-state index is -1.29. The van der Waals surface area contributed by atoms with Gasteiger partial charge in [-0.25, -0.2) is 0 Å². The van der Waals surface area contributed by atoms with Gasteiger partial charge < -0.3 is 187 Å². The molecule has 0 unspecified atom stereocenters. The Balaban J connectivity index is 0.000000203. The topological polar surface area (TPSA) is 627 Å². The Kier molecular flexibility index (Phi) is 30.1. The van der Waals surface area contributed by atoms with Gasteiger partial charge in [0.05, 0.1) is 74.4 Å². The van der Waals surface area contributed by atoms with E-state index in [0.717, 1.165) is 19.3 Å². The Morgan fingerprint density at radius 1 is 0.396 bits per heavy atom. The fourth-order valence-electron chi connectivity index (χ4n) is 14.6. The van der Waals surface area contributed by atoms with E-state index in [1.165, 1.54) is 0 Å². The molecule has 0 aromatic rings. The third-order valence-corrected chi connectivity index (χ3v) is 20.6. The summed E-state index contributed by atoms with van der Waals surface area (Å²) in [4.78, 5) is 0. The molecule has 6 aliphatic heterocycles. The number of nitrogens with one attached hydrogen (secondary N) is 4. The van der Waals surface area contributed by atoms with Crippen LogP contribution >= 0.6 is 0 Å². The Labute approximate surface area is 563 Å². The lowest BCUT2D eigenvalue weighted by Crippen LogP contribution is -2.68. The lowest BCUT2D eigenvalue weighted by molar-refractivity contribution is -0.307. The molecule has 36 heteroatoms. The molecule has 3 aliphatic carbocycles. The monoisotopic (exact) mass is 1390 g/mol. The molecule has 0 bridgehead atoms. The summed E-state index contributed by atoms with van der Waals surface area (Å²) in [5.74, 6) is 0. The van der Waals surface area contributed by atoms with E-state index in [1.807, 2.05) is 20.9 Å². The van der Waals surface area contributed by atoms with Gasteiger partial charge >= 0.3 is 0 Å². The van der Waals surface area contributed by atoms with E-state index in [2.05, 4.69) is 21.3 Å². The van der Waals surface area contributed by atoms with Gasteiger partial charge in [0.15, 0.2) is 37.7 Å². The van der Waals surface area contributed by atoms with Gasteiger partial charge in [-0.05, 0) is 121 Å². The molecule has 0 radical (unpaired) electrons. The highest BCUT2D eigenvalue weighted by molar-refractivity contribution is 5.06. The van der Waals surface area contributed by atoms with Crippen molar-refractivity contribution in [3.63, 3.8) is 0 Å². The summed E-state index contributed by atoms with van der Waals surface area (Å²) in [6.45, 7) is 8.70. The summed E-state index contributed by atoms with van der Waals surface area (Å²) in [7, 11) is 6.74. The van der Waals surface area contributed by atoms with Crippen molar-refractivity contribution in [2.75, 3.05) is 54.6 Å². The molecule has 36 nitrogen and oxygen atoms in total. The summed E-state index contributed by atoms with van der Waals surface area (Å²) < 4.78 is 70.4. The van der Waals surface area contributed by atoms with E-state index in [0.29, 0.717) is 45.1 Å². The largest absolute Gasteiger partial charge is 0.388 e. The summed E-state index contributed by atoms with van der Waals surface area (Å²) in [5, 5.41) is 108. The van der Waals surface area contributed by atoms with Crippen molar-refractivity contribution in [2.24, 2.45) is 63.1 Å². The Bertz CT molecular complexity index is 2320. The minimum Gasteiger partial charge on any atom is -0.388 e. The maximum absolute atomic E-state index is 11.1. The highest BCUT2D eigenvalue weighted by Crippen LogP contribution is 2.36. The van der Waals surface area contributed by atoms with Crippen molar-refractivity contribution in [3.8, 4) is 0 Å². The molecule has 0 spiro atoms. The van der Waals surface area contributed by atoms with Crippen molar-refractivity contribution in [1.82, 2.24) is 21.3 Å². The first kappa shape index (κ1) is 81.9. The van der Waals surface area contributed by atoms with Crippen LogP contribution in [0, 0.1) is 0 Å². The molecule has 38 atom stereocenters. The summed E-state index contributed by atoms with van der Waals surface area (Å²) in [5.41, 5.74) is 63.8. The molecule has 9 rings (SSSR count). The highest BCUT2D eigenvalue weighted by atomic mass is 16.7. The van der Waals surface area contributed by atoms with Gasteiger partial charge in [-0.15, -0.1) is 0 Å². The Hall–Kier alpha value is -1.44. The Morgan fingerprint density at radius 2 is 0.667 bits per heavy atom. The van der Waals surface area contributed by atoms with E-state index >= 15 is 0 Å². The number of likely N-dealkylation sites (N-methyl/N-ethyl adjacent to an activating group) is 4. The first-order valence-corrected chi connectivity index (χ1v) is 34.0. The zero-order chi connectivity index (χ0) is 71.2. The van der Waals surface area contributed by atoms with Crippen molar-refractivity contribution >= 4 is 0 Å². The van der Waals surface area contributed by atoms with Crippen molar-refractivity contribution in [2.45, 2.75) is 323 Å².